The first kappa shape index (κ1) is 17.3. The number of aryl methyl sites for hydroxylation is 2. The van der Waals surface area contributed by atoms with Crippen molar-refractivity contribution in [3.05, 3.63) is 63.1 Å². The van der Waals surface area contributed by atoms with Gasteiger partial charge in [-0.15, -0.1) is 0 Å². The van der Waals surface area contributed by atoms with Gasteiger partial charge in [-0.3, -0.25) is 0 Å². The van der Waals surface area contributed by atoms with Crippen LogP contribution in [0.25, 0.3) is 0 Å². The Hall–Kier alpha value is -1.07. The second kappa shape index (κ2) is 7.01. The van der Waals surface area contributed by atoms with Gasteiger partial charge in [-0.1, -0.05) is 47.0 Å². The van der Waals surface area contributed by atoms with Gasteiger partial charge in [-0.25, -0.2) is 13.1 Å². The minimum absolute atomic E-state index is 0.0409. The largest absolute Gasteiger partial charge is 0.242 e. The quantitative estimate of drug-likeness (QED) is 0.874. The van der Waals surface area contributed by atoms with Gasteiger partial charge in [0.15, 0.2) is 0 Å². The third-order valence-electron chi connectivity index (χ3n) is 3.37. The number of hydrogen-bond acceptors (Lipinski definition) is 2. The molecule has 118 valence electrons. The van der Waals surface area contributed by atoms with Crippen molar-refractivity contribution in [1.29, 1.82) is 0 Å². The van der Waals surface area contributed by atoms with Crippen molar-refractivity contribution >= 4 is 33.2 Å². The van der Waals surface area contributed by atoms with E-state index in [2.05, 4.69) is 10.8 Å². The minimum atomic E-state index is -3.64. The Morgan fingerprint density at radius 1 is 1.05 bits per heavy atom. The third kappa shape index (κ3) is 4.23. The average Bonchev–Trinajstić information content (AvgIpc) is 2.40. The highest BCUT2D eigenvalue weighted by Crippen LogP contribution is 2.24. The lowest BCUT2D eigenvalue weighted by molar-refractivity contribution is 0.581. The Kier molecular flexibility index (Phi) is 5.50. The summed E-state index contributed by atoms with van der Waals surface area (Å²) in [4.78, 5) is 0.0409. The van der Waals surface area contributed by atoms with Crippen molar-refractivity contribution in [2.75, 3.05) is 6.54 Å². The highest BCUT2D eigenvalue weighted by Gasteiger charge is 2.17. The van der Waals surface area contributed by atoms with Crippen LogP contribution in [-0.4, -0.2) is 15.0 Å². The summed E-state index contributed by atoms with van der Waals surface area (Å²) >= 11 is 11.7. The highest BCUT2D eigenvalue weighted by atomic mass is 35.5. The van der Waals surface area contributed by atoms with Crippen molar-refractivity contribution in [1.82, 2.24) is 4.72 Å². The number of halogens is 2. The Morgan fingerprint density at radius 2 is 1.77 bits per heavy atom. The van der Waals surface area contributed by atoms with E-state index < -0.39 is 10.0 Å². The molecule has 0 aliphatic heterocycles. The minimum Gasteiger partial charge on any atom is -0.211 e. The van der Waals surface area contributed by atoms with Crippen molar-refractivity contribution in [2.45, 2.75) is 25.2 Å². The molecule has 0 spiro atoms. The summed E-state index contributed by atoms with van der Waals surface area (Å²) < 4.78 is 27.1. The van der Waals surface area contributed by atoms with Crippen molar-refractivity contribution < 1.29 is 8.42 Å². The molecule has 3 nitrogen and oxygen atoms in total. The van der Waals surface area contributed by atoms with Crippen molar-refractivity contribution in [3.63, 3.8) is 0 Å². The first-order valence-corrected chi connectivity index (χ1v) is 9.04. The normalized spacial score (nSPS) is 11.6. The van der Waals surface area contributed by atoms with Crippen LogP contribution in [0.2, 0.25) is 10.0 Å². The maximum absolute atomic E-state index is 12.3. The maximum Gasteiger partial charge on any atom is 0.242 e. The fraction of sp³-hybridized carbons (Fsp3) is 0.250. The second-order valence-corrected chi connectivity index (χ2v) is 7.73. The van der Waals surface area contributed by atoms with Crippen molar-refractivity contribution in [2.24, 2.45) is 0 Å². The third-order valence-corrected chi connectivity index (χ3v) is 5.55. The monoisotopic (exact) mass is 357 g/mol. The first-order chi connectivity index (χ1) is 10.3. The Labute approximate surface area is 141 Å². The first-order valence-electron chi connectivity index (χ1n) is 6.80. The second-order valence-electron chi connectivity index (χ2n) is 5.15. The number of hydrogen-bond donors (Lipinski definition) is 1. The molecule has 2 rings (SSSR count). The number of nitrogens with one attached hydrogen (secondary N) is 1. The lowest BCUT2D eigenvalue weighted by atomic mass is 10.0. The number of sulfonamides is 1. The molecule has 6 heteroatoms. The topological polar surface area (TPSA) is 46.2 Å². The van der Waals surface area contributed by atoms with E-state index in [1.165, 1.54) is 23.8 Å². The summed E-state index contributed by atoms with van der Waals surface area (Å²) in [5, 5.41) is 0.519. The molecule has 0 unspecified atom stereocenters. The van der Waals surface area contributed by atoms with Crippen LogP contribution >= 0.6 is 23.2 Å². The van der Waals surface area contributed by atoms with Crippen LogP contribution in [0, 0.1) is 13.8 Å². The molecule has 0 radical (unpaired) electrons. The molecule has 0 saturated carbocycles. The van der Waals surface area contributed by atoms with Gasteiger partial charge in [0.1, 0.15) is 4.90 Å². The Morgan fingerprint density at radius 3 is 2.41 bits per heavy atom. The van der Waals surface area contributed by atoms with Gasteiger partial charge in [0, 0.05) is 11.6 Å². The summed E-state index contributed by atoms with van der Waals surface area (Å²) in [5.74, 6) is 0. The van der Waals surface area contributed by atoms with Crippen molar-refractivity contribution in [3.8, 4) is 0 Å². The fourth-order valence-electron chi connectivity index (χ4n) is 2.22. The average molecular weight is 358 g/mol. The summed E-state index contributed by atoms with van der Waals surface area (Å²) in [7, 11) is -3.64. The van der Waals surface area contributed by atoms with Gasteiger partial charge in [-0.05, 0) is 49.6 Å². The lowest BCUT2D eigenvalue weighted by Gasteiger charge is -2.10. The Bertz CT molecular complexity index is 789. The molecule has 22 heavy (non-hydrogen) atoms. The molecular weight excluding hydrogens is 341 g/mol. The molecule has 0 aliphatic rings. The molecule has 0 bridgehead atoms. The van der Waals surface area contributed by atoms with Crippen LogP contribution in [0.3, 0.4) is 0 Å². The maximum atomic E-state index is 12.3. The molecule has 0 saturated heterocycles. The summed E-state index contributed by atoms with van der Waals surface area (Å²) in [5.41, 5.74) is 3.47. The van der Waals surface area contributed by atoms with Gasteiger partial charge in [0.05, 0.1) is 5.02 Å². The van der Waals surface area contributed by atoms with E-state index in [0.717, 1.165) is 11.1 Å². The van der Waals surface area contributed by atoms with E-state index in [4.69, 9.17) is 23.2 Å². The SMILES string of the molecule is Cc1ccc(CCNS(=O)(=O)c2ccc(Cl)cc2Cl)c(C)c1. The molecule has 0 amide bonds. The molecule has 0 aliphatic carbocycles. The van der Waals surface area contributed by atoms with Gasteiger partial charge in [0.25, 0.3) is 0 Å². The summed E-state index contributed by atoms with van der Waals surface area (Å²) in [6.07, 6.45) is 0.622. The smallest absolute Gasteiger partial charge is 0.211 e. The van der Waals surface area contributed by atoms with Crippen LogP contribution in [-0.2, 0) is 16.4 Å². The van der Waals surface area contributed by atoms with Crippen LogP contribution < -0.4 is 4.72 Å². The molecule has 0 aromatic heterocycles. The van der Waals surface area contributed by atoms with E-state index in [-0.39, 0.29) is 9.92 Å². The van der Waals surface area contributed by atoms with Gasteiger partial charge in [-0.2, -0.15) is 0 Å². The predicted octanol–water partition coefficient (Wildman–Crippen LogP) is 4.13. The fourth-order valence-corrected chi connectivity index (χ4v) is 4.02. The zero-order valence-corrected chi connectivity index (χ0v) is 14.7. The van der Waals surface area contributed by atoms with E-state index in [1.807, 2.05) is 26.0 Å². The molecule has 0 atom stereocenters. The lowest BCUT2D eigenvalue weighted by Crippen LogP contribution is -2.26. The standard InChI is InChI=1S/C16H17Cl2NO2S/c1-11-3-4-13(12(2)9-11)7-8-19-22(20,21)16-6-5-14(17)10-15(16)18/h3-6,9-10,19H,7-8H2,1-2H3. The van der Waals surface area contributed by atoms with E-state index in [0.29, 0.717) is 18.0 Å². The predicted molar refractivity (Wildman–Crippen MR) is 91.3 cm³/mol. The van der Waals surface area contributed by atoms with Crippen LogP contribution in [0.15, 0.2) is 41.3 Å². The zero-order chi connectivity index (χ0) is 16.3. The highest BCUT2D eigenvalue weighted by molar-refractivity contribution is 7.89. The molecule has 1 N–H and O–H groups in total. The van der Waals surface area contributed by atoms with Crippen LogP contribution in [0.1, 0.15) is 16.7 Å². The van der Waals surface area contributed by atoms with Crippen LogP contribution in [0.5, 0.6) is 0 Å². The Balaban J connectivity index is 2.07. The van der Waals surface area contributed by atoms with Gasteiger partial charge >= 0.3 is 0 Å². The number of benzene rings is 2. The summed E-state index contributed by atoms with van der Waals surface area (Å²) in [6.45, 7) is 4.36. The molecule has 2 aromatic carbocycles. The van der Waals surface area contributed by atoms with E-state index >= 15 is 0 Å². The molecule has 2 aromatic rings. The number of rotatable bonds is 5. The summed E-state index contributed by atoms with van der Waals surface area (Å²) in [6, 6.07) is 10.5. The molecule has 0 heterocycles. The molecular formula is C16H17Cl2NO2S. The van der Waals surface area contributed by atoms with Crippen LogP contribution in [0.4, 0.5) is 0 Å². The van der Waals surface area contributed by atoms with E-state index in [9.17, 15) is 8.42 Å². The van der Waals surface area contributed by atoms with Gasteiger partial charge in [0.2, 0.25) is 10.0 Å². The molecule has 0 fully saturated rings. The van der Waals surface area contributed by atoms with E-state index in [1.54, 1.807) is 0 Å². The zero-order valence-electron chi connectivity index (χ0n) is 12.4. The van der Waals surface area contributed by atoms with Gasteiger partial charge < -0.3 is 0 Å².